The number of rotatable bonds is 6. The molecule has 114 valence electrons. The quantitative estimate of drug-likeness (QED) is 0.858. The summed E-state index contributed by atoms with van der Waals surface area (Å²) < 4.78 is 0. The van der Waals surface area contributed by atoms with Gasteiger partial charge in [0.2, 0.25) is 5.91 Å². The van der Waals surface area contributed by atoms with Crippen molar-refractivity contribution >= 4 is 16.8 Å². The zero-order chi connectivity index (χ0) is 15.4. The van der Waals surface area contributed by atoms with Crippen LogP contribution in [0.2, 0.25) is 0 Å². The van der Waals surface area contributed by atoms with Crippen molar-refractivity contribution in [2.24, 2.45) is 5.73 Å². The summed E-state index contributed by atoms with van der Waals surface area (Å²) in [6, 6.07) is 7.79. The van der Waals surface area contributed by atoms with Crippen molar-refractivity contribution in [3.8, 4) is 0 Å². The molecule has 0 aliphatic rings. The molecular formula is C17H25N3O. The van der Waals surface area contributed by atoms with Crippen molar-refractivity contribution in [3.63, 3.8) is 0 Å². The number of carbonyl (C=O) groups is 1. The van der Waals surface area contributed by atoms with E-state index in [-0.39, 0.29) is 11.9 Å². The lowest BCUT2D eigenvalue weighted by Crippen LogP contribution is -2.48. The molecule has 0 unspecified atom stereocenters. The molecular weight excluding hydrogens is 262 g/mol. The van der Waals surface area contributed by atoms with Gasteiger partial charge in [0.1, 0.15) is 0 Å². The summed E-state index contributed by atoms with van der Waals surface area (Å²) in [5.74, 6) is 0.0390. The van der Waals surface area contributed by atoms with Crippen LogP contribution in [0, 0.1) is 0 Å². The van der Waals surface area contributed by atoms with E-state index in [1.54, 1.807) is 0 Å². The van der Waals surface area contributed by atoms with Crippen LogP contribution in [0.3, 0.4) is 0 Å². The summed E-state index contributed by atoms with van der Waals surface area (Å²) in [4.78, 5) is 17.6. The maximum Gasteiger partial charge on any atom is 0.240 e. The van der Waals surface area contributed by atoms with E-state index >= 15 is 0 Å². The van der Waals surface area contributed by atoms with Gasteiger partial charge in [-0.15, -0.1) is 0 Å². The van der Waals surface area contributed by atoms with Crippen LogP contribution >= 0.6 is 0 Å². The molecule has 0 aliphatic carbocycles. The summed E-state index contributed by atoms with van der Waals surface area (Å²) in [5, 5.41) is 1.15. The van der Waals surface area contributed by atoms with Crippen molar-refractivity contribution in [3.05, 3.63) is 36.0 Å². The first-order valence-electron chi connectivity index (χ1n) is 7.65. The van der Waals surface area contributed by atoms with Crippen LogP contribution in [0.15, 0.2) is 30.5 Å². The zero-order valence-corrected chi connectivity index (χ0v) is 13.1. The summed E-state index contributed by atoms with van der Waals surface area (Å²) >= 11 is 0. The van der Waals surface area contributed by atoms with Crippen LogP contribution in [0.25, 0.3) is 10.9 Å². The fourth-order valence-electron chi connectivity index (χ4n) is 2.70. The molecule has 0 spiro atoms. The van der Waals surface area contributed by atoms with Gasteiger partial charge in [0.15, 0.2) is 0 Å². The predicted octanol–water partition coefficient (Wildman–Crippen LogP) is 2.68. The number of benzene rings is 1. The van der Waals surface area contributed by atoms with Gasteiger partial charge >= 0.3 is 0 Å². The number of nitrogens with two attached hydrogens (primary N) is 1. The monoisotopic (exact) mass is 287 g/mol. The van der Waals surface area contributed by atoms with Crippen LogP contribution in [0.1, 0.15) is 32.8 Å². The van der Waals surface area contributed by atoms with E-state index in [9.17, 15) is 4.79 Å². The molecule has 1 aromatic heterocycles. The highest BCUT2D eigenvalue weighted by molar-refractivity contribution is 5.86. The van der Waals surface area contributed by atoms with Crippen molar-refractivity contribution in [1.29, 1.82) is 0 Å². The Balaban J connectivity index is 2.13. The molecule has 4 nitrogen and oxygen atoms in total. The van der Waals surface area contributed by atoms with E-state index < -0.39 is 6.04 Å². The smallest absolute Gasteiger partial charge is 0.240 e. The number of aromatic nitrogens is 1. The van der Waals surface area contributed by atoms with Gasteiger partial charge in [-0.1, -0.05) is 25.1 Å². The highest BCUT2D eigenvalue weighted by Crippen LogP contribution is 2.19. The number of amides is 1. The number of H-pyrrole nitrogens is 1. The van der Waals surface area contributed by atoms with E-state index in [4.69, 9.17) is 5.73 Å². The third-order valence-electron chi connectivity index (χ3n) is 3.80. The van der Waals surface area contributed by atoms with Gasteiger partial charge in [0.05, 0.1) is 6.04 Å². The largest absolute Gasteiger partial charge is 0.361 e. The fourth-order valence-corrected chi connectivity index (χ4v) is 2.70. The van der Waals surface area contributed by atoms with Gasteiger partial charge in [-0.05, 0) is 38.3 Å². The zero-order valence-electron chi connectivity index (χ0n) is 13.1. The molecule has 3 N–H and O–H groups in total. The molecule has 1 amide bonds. The number of hydrogen-bond donors (Lipinski definition) is 2. The minimum Gasteiger partial charge on any atom is -0.361 e. The fraction of sp³-hybridized carbons (Fsp3) is 0.471. The Labute approximate surface area is 126 Å². The Morgan fingerprint density at radius 2 is 2.05 bits per heavy atom. The number of nitrogens with zero attached hydrogens (tertiary/aromatic N) is 1. The van der Waals surface area contributed by atoms with E-state index in [2.05, 4.69) is 18.0 Å². The summed E-state index contributed by atoms with van der Waals surface area (Å²) in [6.07, 6.45) is 3.47. The number of hydrogen-bond acceptors (Lipinski definition) is 2. The molecule has 4 heteroatoms. The maximum absolute atomic E-state index is 12.5. The molecule has 0 saturated carbocycles. The van der Waals surface area contributed by atoms with Crippen LogP contribution in [-0.2, 0) is 11.2 Å². The Bertz CT molecular complexity index is 603. The molecule has 0 bridgehead atoms. The van der Waals surface area contributed by atoms with Crippen LogP contribution in [0.5, 0.6) is 0 Å². The van der Waals surface area contributed by atoms with Crippen LogP contribution < -0.4 is 5.73 Å². The molecule has 1 atom stereocenters. The van der Waals surface area contributed by atoms with Gasteiger partial charge < -0.3 is 15.6 Å². The Morgan fingerprint density at radius 3 is 2.71 bits per heavy atom. The molecule has 0 saturated heterocycles. The first-order valence-corrected chi connectivity index (χ1v) is 7.65. The minimum absolute atomic E-state index is 0.0390. The van der Waals surface area contributed by atoms with E-state index in [1.807, 2.05) is 43.1 Å². The second-order valence-corrected chi connectivity index (χ2v) is 5.80. The van der Waals surface area contributed by atoms with Crippen LogP contribution in [0.4, 0.5) is 0 Å². The average Bonchev–Trinajstić information content (AvgIpc) is 2.87. The van der Waals surface area contributed by atoms with E-state index in [1.165, 1.54) is 0 Å². The van der Waals surface area contributed by atoms with Gasteiger partial charge in [-0.2, -0.15) is 0 Å². The number of para-hydroxylation sites is 1. The Hall–Kier alpha value is -1.81. The lowest BCUT2D eigenvalue weighted by molar-refractivity contribution is -0.134. The topological polar surface area (TPSA) is 62.1 Å². The van der Waals surface area contributed by atoms with E-state index in [0.29, 0.717) is 6.42 Å². The Kier molecular flexibility index (Phi) is 5.02. The normalized spacial score (nSPS) is 12.8. The molecule has 0 radical (unpaired) electrons. The first-order chi connectivity index (χ1) is 10.0. The summed E-state index contributed by atoms with van der Waals surface area (Å²) in [5.41, 5.74) is 8.35. The second kappa shape index (κ2) is 6.76. The SMILES string of the molecule is CCCN(C(=O)[C@H](N)Cc1c[nH]c2ccccc12)C(C)C. The lowest BCUT2D eigenvalue weighted by atomic mass is 10.0. The van der Waals surface area contributed by atoms with Crippen molar-refractivity contribution in [1.82, 2.24) is 9.88 Å². The van der Waals surface area contributed by atoms with Gasteiger partial charge in [-0.25, -0.2) is 0 Å². The molecule has 0 fully saturated rings. The molecule has 2 rings (SSSR count). The predicted molar refractivity (Wildman–Crippen MR) is 87.1 cm³/mol. The number of fused-ring (bicyclic) bond motifs is 1. The minimum atomic E-state index is -0.488. The third kappa shape index (κ3) is 3.45. The van der Waals surface area contributed by atoms with Crippen molar-refractivity contribution in [2.75, 3.05) is 6.54 Å². The standard InChI is InChI=1S/C17H25N3O/c1-4-9-20(12(2)3)17(21)15(18)10-13-11-19-16-8-6-5-7-14(13)16/h5-8,11-12,15,19H,4,9-10,18H2,1-3H3/t15-/m1/s1. The molecule has 1 aromatic carbocycles. The molecule has 21 heavy (non-hydrogen) atoms. The first kappa shape index (κ1) is 15.6. The van der Waals surface area contributed by atoms with Gasteiger partial charge in [-0.3, -0.25) is 4.79 Å². The molecule has 2 aromatic rings. The summed E-state index contributed by atoms with van der Waals surface area (Å²) in [7, 11) is 0. The number of nitrogens with one attached hydrogen (secondary N) is 1. The maximum atomic E-state index is 12.5. The lowest BCUT2D eigenvalue weighted by Gasteiger charge is -2.29. The van der Waals surface area contributed by atoms with Crippen LogP contribution in [-0.4, -0.2) is 34.4 Å². The summed E-state index contributed by atoms with van der Waals surface area (Å²) in [6.45, 7) is 6.91. The van der Waals surface area contributed by atoms with E-state index in [0.717, 1.165) is 29.4 Å². The van der Waals surface area contributed by atoms with Crippen molar-refractivity contribution in [2.45, 2.75) is 45.7 Å². The highest BCUT2D eigenvalue weighted by Gasteiger charge is 2.23. The average molecular weight is 287 g/mol. The third-order valence-corrected chi connectivity index (χ3v) is 3.80. The number of carbonyl (C=O) groups excluding carboxylic acids is 1. The van der Waals surface area contributed by atoms with Gasteiger partial charge in [0, 0.05) is 29.7 Å². The highest BCUT2D eigenvalue weighted by atomic mass is 16.2. The molecule has 0 aliphatic heterocycles. The second-order valence-electron chi connectivity index (χ2n) is 5.80. The Morgan fingerprint density at radius 1 is 1.33 bits per heavy atom. The number of aromatic amines is 1. The molecule has 1 heterocycles. The van der Waals surface area contributed by atoms with Crippen molar-refractivity contribution < 1.29 is 4.79 Å². The van der Waals surface area contributed by atoms with Gasteiger partial charge in [0.25, 0.3) is 0 Å².